The molecule has 3 nitrogen and oxygen atoms in total. The predicted octanol–water partition coefficient (Wildman–Crippen LogP) is 2.74. The normalized spacial score (nSPS) is 20.5. The molecule has 5 heteroatoms. The van der Waals surface area contributed by atoms with Crippen LogP contribution in [-0.2, 0) is 6.54 Å². The first-order valence-electron chi connectivity index (χ1n) is 5.72. The first-order chi connectivity index (χ1) is 7.96. The fraction of sp³-hybridized carbons (Fsp3) is 0.583. The van der Waals surface area contributed by atoms with Gasteiger partial charge in [0.2, 0.25) is 0 Å². The number of hydrogen-bond donors (Lipinski definition) is 1. The molecule has 1 aromatic heterocycles. The molecule has 2 rings (SSSR count). The molecule has 1 N–H and O–H groups in total. The molecule has 1 fully saturated rings. The molecular formula is C12H16Cl2N2O. The maximum atomic E-state index is 9.87. The smallest absolute Gasteiger partial charge is 0.135 e. The molecule has 17 heavy (non-hydrogen) atoms. The Bertz CT molecular complexity index is 399. The van der Waals surface area contributed by atoms with Gasteiger partial charge in [-0.1, -0.05) is 29.3 Å². The molecule has 0 amide bonds. The van der Waals surface area contributed by atoms with Crippen LogP contribution in [0.3, 0.4) is 0 Å². The van der Waals surface area contributed by atoms with Gasteiger partial charge in [-0.15, -0.1) is 0 Å². The van der Waals surface area contributed by atoms with Crippen LogP contribution in [0.15, 0.2) is 12.1 Å². The molecule has 2 heterocycles. The number of aliphatic hydroxyl groups is 1. The Morgan fingerprint density at radius 3 is 2.59 bits per heavy atom. The first kappa shape index (κ1) is 13.1. The van der Waals surface area contributed by atoms with Gasteiger partial charge in [-0.3, -0.25) is 4.90 Å². The van der Waals surface area contributed by atoms with Crippen molar-refractivity contribution in [3.8, 4) is 0 Å². The molecule has 0 unspecified atom stereocenters. The van der Waals surface area contributed by atoms with Crippen molar-refractivity contribution in [1.82, 2.24) is 9.88 Å². The van der Waals surface area contributed by atoms with E-state index in [-0.39, 0.29) is 0 Å². The van der Waals surface area contributed by atoms with Gasteiger partial charge in [0.15, 0.2) is 0 Å². The summed E-state index contributed by atoms with van der Waals surface area (Å²) in [5, 5.41) is 10.8. The van der Waals surface area contributed by atoms with Gasteiger partial charge in [-0.05, 0) is 25.8 Å². The van der Waals surface area contributed by atoms with Crippen LogP contribution in [-0.4, -0.2) is 33.7 Å². The molecule has 1 aromatic rings. The zero-order valence-corrected chi connectivity index (χ0v) is 11.3. The molecule has 0 saturated carbocycles. The van der Waals surface area contributed by atoms with E-state index < -0.39 is 5.60 Å². The van der Waals surface area contributed by atoms with Crippen LogP contribution in [0, 0.1) is 0 Å². The zero-order chi connectivity index (χ0) is 12.5. The van der Waals surface area contributed by atoms with Crippen molar-refractivity contribution in [2.45, 2.75) is 31.9 Å². The van der Waals surface area contributed by atoms with E-state index in [1.54, 1.807) is 6.07 Å². The zero-order valence-electron chi connectivity index (χ0n) is 9.79. The highest BCUT2D eigenvalue weighted by Crippen LogP contribution is 2.24. The van der Waals surface area contributed by atoms with Gasteiger partial charge in [0.25, 0.3) is 0 Å². The number of hydrogen-bond acceptors (Lipinski definition) is 3. The summed E-state index contributed by atoms with van der Waals surface area (Å²) in [7, 11) is 0. The summed E-state index contributed by atoms with van der Waals surface area (Å²) >= 11 is 11.8. The Balaban J connectivity index is 1.98. The Morgan fingerprint density at radius 2 is 2.00 bits per heavy atom. The van der Waals surface area contributed by atoms with E-state index in [0.29, 0.717) is 10.3 Å². The third-order valence-electron chi connectivity index (χ3n) is 3.22. The highest BCUT2D eigenvalue weighted by Gasteiger charge is 2.27. The fourth-order valence-corrected chi connectivity index (χ4v) is 2.40. The average molecular weight is 275 g/mol. The van der Waals surface area contributed by atoms with E-state index in [4.69, 9.17) is 23.2 Å². The molecule has 1 saturated heterocycles. The summed E-state index contributed by atoms with van der Waals surface area (Å²) in [6.45, 7) is 4.41. The Hall–Kier alpha value is -0.350. The number of pyridine rings is 1. The van der Waals surface area contributed by atoms with Crippen LogP contribution in [0.4, 0.5) is 0 Å². The summed E-state index contributed by atoms with van der Waals surface area (Å²) in [6, 6.07) is 3.66. The summed E-state index contributed by atoms with van der Waals surface area (Å²) < 4.78 is 0. The highest BCUT2D eigenvalue weighted by molar-refractivity contribution is 6.32. The van der Waals surface area contributed by atoms with E-state index in [0.717, 1.165) is 38.0 Å². The lowest BCUT2D eigenvalue weighted by molar-refractivity contribution is -0.00730. The second-order valence-corrected chi connectivity index (χ2v) is 5.60. The lowest BCUT2D eigenvalue weighted by atomic mass is 9.94. The number of halogens is 2. The average Bonchev–Trinajstić information content (AvgIpc) is 2.25. The molecular weight excluding hydrogens is 259 g/mol. The molecule has 0 aliphatic carbocycles. The Morgan fingerprint density at radius 1 is 1.35 bits per heavy atom. The maximum Gasteiger partial charge on any atom is 0.135 e. The number of piperidine rings is 1. The molecule has 0 spiro atoms. The Kier molecular flexibility index (Phi) is 3.93. The Labute approximate surface area is 111 Å². The molecule has 0 bridgehead atoms. The lowest BCUT2D eigenvalue weighted by Gasteiger charge is -2.35. The van der Waals surface area contributed by atoms with Crippen molar-refractivity contribution in [2.24, 2.45) is 0 Å². The maximum absolute atomic E-state index is 9.87. The van der Waals surface area contributed by atoms with E-state index >= 15 is 0 Å². The van der Waals surface area contributed by atoms with Gasteiger partial charge < -0.3 is 5.11 Å². The van der Waals surface area contributed by atoms with Gasteiger partial charge in [-0.2, -0.15) is 0 Å². The van der Waals surface area contributed by atoms with Crippen LogP contribution >= 0.6 is 23.2 Å². The number of nitrogens with zero attached hydrogens (tertiary/aromatic N) is 2. The minimum Gasteiger partial charge on any atom is -0.390 e. The highest BCUT2D eigenvalue weighted by atomic mass is 35.5. The van der Waals surface area contributed by atoms with Gasteiger partial charge in [0, 0.05) is 25.2 Å². The van der Waals surface area contributed by atoms with E-state index in [1.807, 2.05) is 13.0 Å². The number of likely N-dealkylation sites (tertiary alicyclic amines) is 1. The molecule has 94 valence electrons. The van der Waals surface area contributed by atoms with Gasteiger partial charge in [0.1, 0.15) is 10.3 Å². The second kappa shape index (κ2) is 5.11. The third kappa shape index (κ3) is 3.55. The quantitative estimate of drug-likeness (QED) is 0.843. The summed E-state index contributed by atoms with van der Waals surface area (Å²) in [4.78, 5) is 6.30. The van der Waals surface area contributed by atoms with Gasteiger partial charge in [-0.25, -0.2) is 4.98 Å². The first-order valence-corrected chi connectivity index (χ1v) is 6.47. The van der Waals surface area contributed by atoms with Crippen LogP contribution in [0.1, 0.15) is 25.3 Å². The van der Waals surface area contributed by atoms with Crippen molar-refractivity contribution in [3.05, 3.63) is 28.0 Å². The van der Waals surface area contributed by atoms with Crippen molar-refractivity contribution in [2.75, 3.05) is 13.1 Å². The summed E-state index contributed by atoms with van der Waals surface area (Å²) in [6.07, 6.45) is 1.59. The van der Waals surface area contributed by atoms with Crippen molar-refractivity contribution in [3.63, 3.8) is 0 Å². The molecule has 0 radical (unpaired) electrons. The summed E-state index contributed by atoms with van der Waals surface area (Å²) in [5.41, 5.74) is 0.469. The largest absolute Gasteiger partial charge is 0.390 e. The molecule has 0 atom stereocenters. The minimum absolute atomic E-state index is 0.417. The monoisotopic (exact) mass is 274 g/mol. The third-order valence-corrected chi connectivity index (χ3v) is 3.76. The predicted molar refractivity (Wildman–Crippen MR) is 69.4 cm³/mol. The molecule has 1 aliphatic heterocycles. The van der Waals surface area contributed by atoms with Crippen molar-refractivity contribution in [1.29, 1.82) is 0 Å². The SMILES string of the molecule is CC1(O)CCN(Cc2ccc(Cl)nc2Cl)CC1. The minimum atomic E-state index is -0.515. The molecule has 0 aromatic carbocycles. The van der Waals surface area contributed by atoms with Crippen LogP contribution < -0.4 is 0 Å². The topological polar surface area (TPSA) is 36.4 Å². The molecule has 1 aliphatic rings. The van der Waals surface area contributed by atoms with E-state index in [1.165, 1.54) is 0 Å². The van der Waals surface area contributed by atoms with Crippen molar-refractivity contribution < 1.29 is 5.11 Å². The van der Waals surface area contributed by atoms with Crippen LogP contribution in [0.5, 0.6) is 0 Å². The number of rotatable bonds is 2. The second-order valence-electron chi connectivity index (χ2n) is 4.86. The van der Waals surface area contributed by atoms with Gasteiger partial charge >= 0.3 is 0 Å². The van der Waals surface area contributed by atoms with E-state index in [2.05, 4.69) is 9.88 Å². The standard InChI is InChI=1S/C12H16Cl2N2O/c1-12(17)4-6-16(7-5-12)8-9-2-3-10(13)15-11(9)14/h2-3,17H,4-8H2,1H3. The fourth-order valence-electron chi connectivity index (χ4n) is 1.99. The lowest BCUT2D eigenvalue weighted by Crippen LogP contribution is -2.42. The van der Waals surface area contributed by atoms with Gasteiger partial charge in [0.05, 0.1) is 5.60 Å². The van der Waals surface area contributed by atoms with Crippen LogP contribution in [0.25, 0.3) is 0 Å². The van der Waals surface area contributed by atoms with Crippen molar-refractivity contribution >= 4 is 23.2 Å². The van der Waals surface area contributed by atoms with E-state index in [9.17, 15) is 5.11 Å². The number of aromatic nitrogens is 1. The van der Waals surface area contributed by atoms with Crippen LogP contribution in [0.2, 0.25) is 10.3 Å². The summed E-state index contributed by atoms with van der Waals surface area (Å²) in [5.74, 6) is 0.